The summed E-state index contributed by atoms with van der Waals surface area (Å²) in [5.74, 6) is 0. The molecule has 0 spiro atoms. The van der Waals surface area contributed by atoms with Gasteiger partial charge in [-0.3, -0.25) is 0 Å². The molecule has 144 valence electrons. The molecule has 0 unspecified atom stereocenters. The van der Waals surface area contributed by atoms with Crippen molar-refractivity contribution < 1.29 is 0 Å². The maximum atomic E-state index is 2.44. The van der Waals surface area contributed by atoms with E-state index in [-0.39, 0.29) is 21.7 Å². The normalized spacial score (nSPS) is 19.5. The standard InChI is InChI=1S/C26H40/c1-23(2,3)19-13-17(14-20(19)24(4,5)6)18-15-21(25(7,8)9)22(16-18)26(10,11)12/h13-16H,1-12H3. The largest absolute Gasteiger partial charge is 0.0561 e. The molecular weight excluding hydrogens is 312 g/mol. The van der Waals surface area contributed by atoms with Crippen molar-refractivity contribution in [3.63, 3.8) is 0 Å². The minimum absolute atomic E-state index is 0.160. The fourth-order valence-electron chi connectivity index (χ4n) is 3.83. The third-order valence-electron chi connectivity index (χ3n) is 5.35. The fourth-order valence-corrected chi connectivity index (χ4v) is 3.83. The molecule has 0 aromatic rings. The molecule has 0 heteroatoms. The van der Waals surface area contributed by atoms with Crippen LogP contribution < -0.4 is 0 Å². The van der Waals surface area contributed by atoms with E-state index in [9.17, 15) is 0 Å². The van der Waals surface area contributed by atoms with Crippen molar-refractivity contribution in [2.45, 2.75) is 83.1 Å². The van der Waals surface area contributed by atoms with Gasteiger partial charge in [0.05, 0.1) is 0 Å². The highest BCUT2D eigenvalue weighted by Crippen LogP contribution is 2.49. The second kappa shape index (κ2) is 6.11. The van der Waals surface area contributed by atoms with Crippen LogP contribution in [0.2, 0.25) is 0 Å². The van der Waals surface area contributed by atoms with Crippen LogP contribution >= 0.6 is 0 Å². The zero-order chi connectivity index (χ0) is 20.3. The SMILES string of the molecule is CC(C)(C)C1=CC(=C2C=C(C(C)(C)C)C(C(C)(C)C)=C2)C=C1C(C)(C)C. The first-order valence-electron chi connectivity index (χ1n) is 10.1. The van der Waals surface area contributed by atoms with E-state index >= 15 is 0 Å². The zero-order valence-corrected chi connectivity index (χ0v) is 19.3. The van der Waals surface area contributed by atoms with Crippen molar-refractivity contribution in [2.75, 3.05) is 0 Å². The summed E-state index contributed by atoms with van der Waals surface area (Å²) in [5, 5.41) is 0. The van der Waals surface area contributed by atoms with Gasteiger partial charge in [-0.1, -0.05) is 107 Å². The third-order valence-corrected chi connectivity index (χ3v) is 5.35. The molecule has 0 atom stereocenters. The quantitative estimate of drug-likeness (QED) is 0.412. The molecule has 0 amide bonds. The Morgan fingerprint density at radius 3 is 0.615 bits per heavy atom. The summed E-state index contributed by atoms with van der Waals surface area (Å²) < 4.78 is 0. The minimum Gasteiger partial charge on any atom is -0.0561 e. The van der Waals surface area contributed by atoms with E-state index in [1.54, 1.807) is 0 Å². The van der Waals surface area contributed by atoms with E-state index in [0.29, 0.717) is 0 Å². The van der Waals surface area contributed by atoms with E-state index < -0.39 is 0 Å². The molecule has 0 saturated carbocycles. The predicted octanol–water partition coefficient (Wildman–Crippen LogP) is 8.20. The lowest BCUT2D eigenvalue weighted by atomic mass is 9.74. The van der Waals surface area contributed by atoms with Crippen LogP contribution in [0.5, 0.6) is 0 Å². The average Bonchev–Trinajstić information content (AvgIpc) is 3.00. The van der Waals surface area contributed by atoms with Crippen LogP contribution in [0.4, 0.5) is 0 Å². The molecule has 2 rings (SSSR count). The van der Waals surface area contributed by atoms with Gasteiger partial charge in [-0.05, 0) is 55.1 Å². The Kier molecular flexibility index (Phi) is 4.94. The molecule has 0 radical (unpaired) electrons. The molecule has 2 aliphatic carbocycles. The van der Waals surface area contributed by atoms with Crippen molar-refractivity contribution >= 4 is 0 Å². The number of rotatable bonds is 0. The molecule has 26 heavy (non-hydrogen) atoms. The lowest BCUT2D eigenvalue weighted by molar-refractivity contribution is 0.449. The molecule has 0 bridgehead atoms. The van der Waals surface area contributed by atoms with E-state index in [1.807, 2.05) is 0 Å². The van der Waals surface area contributed by atoms with Crippen molar-refractivity contribution in [1.29, 1.82) is 0 Å². The summed E-state index contributed by atoms with van der Waals surface area (Å²) in [6, 6.07) is 0. The van der Waals surface area contributed by atoms with Crippen LogP contribution in [0.25, 0.3) is 0 Å². The first-order valence-corrected chi connectivity index (χ1v) is 10.1. The van der Waals surface area contributed by atoms with Crippen LogP contribution in [0.15, 0.2) is 57.7 Å². The molecular formula is C26H40. The van der Waals surface area contributed by atoms with Gasteiger partial charge >= 0.3 is 0 Å². The highest BCUT2D eigenvalue weighted by Gasteiger charge is 2.34. The fraction of sp³-hybridized carbons (Fsp3) is 0.615. The zero-order valence-electron chi connectivity index (χ0n) is 19.3. The van der Waals surface area contributed by atoms with E-state index in [1.165, 1.54) is 33.4 Å². The molecule has 0 N–H and O–H groups in total. The number of hydrogen-bond acceptors (Lipinski definition) is 0. The summed E-state index contributed by atoms with van der Waals surface area (Å²) in [4.78, 5) is 0. The lowest BCUT2D eigenvalue weighted by Crippen LogP contribution is -2.18. The Morgan fingerprint density at radius 2 is 0.500 bits per heavy atom. The lowest BCUT2D eigenvalue weighted by Gasteiger charge is -2.30. The van der Waals surface area contributed by atoms with Crippen LogP contribution in [-0.4, -0.2) is 0 Å². The molecule has 0 aromatic carbocycles. The van der Waals surface area contributed by atoms with Gasteiger partial charge in [-0.15, -0.1) is 0 Å². The Labute approximate surface area is 162 Å². The van der Waals surface area contributed by atoms with Crippen LogP contribution in [0.3, 0.4) is 0 Å². The molecule has 0 fully saturated rings. The Hall–Kier alpha value is -1.30. The molecule has 2 aliphatic rings. The van der Waals surface area contributed by atoms with Crippen LogP contribution in [-0.2, 0) is 0 Å². The maximum absolute atomic E-state index is 2.44. The van der Waals surface area contributed by atoms with Gasteiger partial charge in [0.25, 0.3) is 0 Å². The summed E-state index contributed by atoms with van der Waals surface area (Å²) in [6.45, 7) is 27.9. The van der Waals surface area contributed by atoms with E-state index in [2.05, 4.69) is 107 Å². The number of hydrogen-bond donors (Lipinski definition) is 0. The second-order valence-electron chi connectivity index (χ2n) is 12.1. The van der Waals surface area contributed by atoms with Crippen LogP contribution in [0.1, 0.15) is 83.1 Å². The Bertz CT molecular complexity index is 613. The smallest absolute Gasteiger partial charge is 0.0129 e. The topological polar surface area (TPSA) is 0 Å². The second-order valence-corrected chi connectivity index (χ2v) is 12.1. The highest BCUT2D eigenvalue weighted by atomic mass is 14.4. The Balaban J connectivity index is 2.71. The van der Waals surface area contributed by atoms with E-state index in [4.69, 9.17) is 0 Å². The van der Waals surface area contributed by atoms with E-state index in [0.717, 1.165) is 0 Å². The highest BCUT2D eigenvalue weighted by molar-refractivity contribution is 5.66. The minimum atomic E-state index is 0.160. The van der Waals surface area contributed by atoms with Crippen molar-refractivity contribution in [1.82, 2.24) is 0 Å². The van der Waals surface area contributed by atoms with Crippen molar-refractivity contribution in [2.24, 2.45) is 21.7 Å². The summed E-state index contributed by atoms with van der Waals surface area (Å²) in [7, 11) is 0. The van der Waals surface area contributed by atoms with Gasteiger partial charge in [-0.25, -0.2) is 0 Å². The monoisotopic (exact) mass is 352 g/mol. The molecule has 0 heterocycles. The molecule has 0 aromatic heterocycles. The summed E-state index contributed by atoms with van der Waals surface area (Å²) in [5.41, 5.74) is 9.32. The van der Waals surface area contributed by atoms with Gasteiger partial charge in [0.2, 0.25) is 0 Å². The van der Waals surface area contributed by atoms with Crippen LogP contribution in [0, 0.1) is 21.7 Å². The third kappa shape index (κ3) is 4.16. The summed E-state index contributed by atoms with van der Waals surface area (Å²) >= 11 is 0. The van der Waals surface area contributed by atoms with Gasteiger partial charge in [0.15, 0.2) is 0 Å². The Morgan fingerprint density at radius 1 is 0.346 bits per heavy atom. The van der Waals surface area contributed by atoms with Crippen molar-refractivity contribution in [3.05, 3.63) is 57.7 Å². The molecule has 0 saturated heterocycles. The predicted molar refractivity (Wildman–Crippen MR) is 117 cm³/mol. The van der Waals surface area contributed by atoms with Gasteiger partial charge < -0.3 is 0 Å². The summed E-state index contributed by atoms with van der Waals surface area (Å²) in [6.07, 6.45) is 9.76. The first kappa shape index (κ1) is 21.0. The maximum Gasteiger partial charge on any atom is -0.0129 e. The number of allylic oxidation sites excluding steroid dienone is 10. The average molecular weight is 353 g/mol. The first-order chi connectivity index (χ1) is 11.4. The van der Waals surface area contributed by atoms with Gasteiger partial charge in [-0.2, -0.15) is 0 Å². The molecule has 0 aliphatic heterocycles. The van der Waals surface area contributed by atoms with Gasteiger partial charge in [0, 0.05) is 0 Å². The molecule has 0 nitrogen and oxygen atoms in total. The van der Waals surface area contributed by atoms with Gasteiger partial charge in [0.1, 0.15) is 0 Å². The van der Waals surface area contributed by atoms with Crippen molar-refractivity contribution in [3.8, 4) is 0 Å².